The Labute approximate surface area is 515 Å². The highest BCUT2D eigenvalue weighted by atomic mass is 16.6. The molecule has 0 aromatic heterocycles. The number of allylic oxidation sites excluding steroid dienone is 16. The van der Waals surface area contributed by atoms with Crippen LogP contribution in [0.3, 0.4) is 0 Å². The van der Waals surface area contributed by atoms with E-state index in [0.29, 0.717) is 19.3 Å². The maximum absolute atomic E-state index is 12.9. The summed E-state index contributed by atoms with van der Waals surface area (Å²) in [5.74, 6) is -0.904. The van der Waals surface area contributed by atoms with Crippen LogP contribution in [0.4, 0.5) is 0 Å². The van der Waals surface area contributed by atoms with Crippen molar-refractivity contribution in [3.05, 3.63) is 97.2 Å². The van der Waals surface area contributed by atoms with Crippen molar-refractivity contribution in [2.75, 3.05) is 13.2 Å². The Morgan fingerprint density at radius 2 is 0.470 bits per heavy atom. The van der Waals surface area contributed by atoms with Crippen LogP contribution in [0.5, 0.6) is 0 Å². The number of unbranched alkanes of at least 4 members (excludes halogenated alkanes) is 38. The SMILES string of the molecule is CC/C=C\C/C=C\C/C=C\C/C=C\CCCCCCCCC(=O)OC(COC(=O)CCCCCCC/C=C\C/C=C\C/C=C\CC)COC(=O)CCCCCCCCCCCCCCCCCCCCC/C=C\CCCCCCCCCC. The molecule has 0 N–H and O–H groups in total. The Bertz CT molecular complexity index is 1610. The molecule has 1 atom stereocenters. The van der Waals surface area contributed by atoms with Crippen molar-refractivity contribution < 1.29 is 28.6 Å². The molecule has 0 aromatic rings. The molecule has 0 aliphatic rings. The fourth-order valence-corrected chi connectivity index (χ4v) is 10.3. The van der Waals surface area contributed by atoms with Crippen molar-refractivity contribution >= 4 is 17.9 Å². The number of hydrogen-bond acceptors (Lipinski definition) is 6. The van der Waals surface area contributed by atoms with Crippen LogP contribution in [0.25, 0.3) is 0 Å². The first-order valence-corrected chi connectivity index (χ1v) is 35.7. The molecule has 0 aromatic carbocycles. The number of carbonyl (C=O) groups is 3. The van der Waals surface area contributed by atoms with Gasteiger partial charge in [-0.2, -0.15) is 0 Å². The van der Waals surface area contributed by atoms with Crippen LogP contribution >= 0.6 is 0 Å². The van der Waals surface area contributed by atoms with Crippen LogP contribution in [-0.4, -0.2) is 37.2 Å². The first-order chi connectivity index (χ1) is 41.0. The van der Waals surface area contributed by atoms with Crippen LogP contribution in [0, 0.1) is 0 Å². The van der Waals surface area contributed by atoms with Gasteiger partial charge in [0.1, 0.15) is 13.2 Å². The van der Waals surface area contributed by atoms with Gasteiger partial charge < -0.3 is 14.2 Å². The predicted octanol–water partition coefficient (Wildman–Crippen LogP) is 24.8. The lowest BCUT2D eigenvalue weighted by Gasteiger charge is -2.18. The predicted molar refractivity (Wildman–Crippen MR) is 362 cm³/mol. The lowest BCUT2D eigenvalue weighted by Crippen LogP contribution is -2.30. The van der Waals surface area contributed by atoms with Crippen molar-refractivity contribution in [1.82, 2.24) is 0 Å². The summed E-state index contributed by atoms with van der Waals surface area (Å²) in [5.41, 5.74) is 0. The molecular weight excluding hydrogens is 1020 g/mol. The summed E-state index contributed by atoms with van der Waals surface area (Å²) < 4.78 is 17.0. The normalized spacial score (nSPS) is 12.7. The van der Waals surface area contributed by atoms with Gasteiger partial charge in [0.25, 0.3) is 0 Å². The molecule has 478 valence electrons. The fourth-order valence-electron chi connectivity index (χ4n) is 10.3. The van der Waals surface area contributed by atoms with Crippen LogP contribution in [-0.2, 0) is 28.6 Å². The highest BCUT2D eigenvalue weighted by molar-refractivity contribution is 5.71. The van der Waals surface area contributed by atoms with E-state index >= 15 is 0 Å². The van der Waals surface area contributed by atoms with Gasteiger partial charge in [-0.1, -0.05) is 317 Å². The molecule has 0 saturated carbocycles. The third-order valence-corrected chi connectivity index (χ3v) is 15.6. The van der Waals surface area contributed by atoms with Crippen LogP contribution in [0.15, 0.2) is 97.2 Å². The molecule has 83 heavy (non-hydrogen) atoms. The molecule has 6 nitrogen and oxygen atoms in total. The highest BCUT2D eigenvalue weighted by Gasteiger charge is 2.19. The van der Waals surface area contributed by atoms with Gasteiger partial charge in [-0.15, -0.1) is 0 Å². The van der Waals surface area contributed by atoms with Gasteiger partial charge in [-0.3, -0.25) is 14.4 Å². The van der Waals surface area contributed by atoms with Gasteiger partial charge in [-0.25, -0.2) is 0 Å². The second kappa shape index (κ2) is 70.8. The molecule has 0 spiro atoms. The minimum absolute atomic E-state index is 0.0871. The third-order valence-electron chi connectivity index (χ3n) is 15.6. The average molecular weight is 1160 g/mol. The van der Waals surface area contributed by atoms with E-state index in [4.69, 9.17) is 14.2 Å². The molecule has 0 rings (SSSR count). The minimum Gasteiger partial charge on any atom is -0.462 e. The van der Waals surface area contributed by atoms with Crippen molar-refractivity contribution in [3.63, 3.8) is 0 Å². The molecule has 0 heterocycles. The van der Waals surface area contributed by atoms with E-state index in [9.17, 15) is 14.4 Å². The van der Waals surface area contributed by atoms with Crippen LogP contribution < -0.4 is 0 Å². The molecule has 0 fully saturated rings. The maximum Gasteiger partial charge on any atom is 0.306 e. The van der Waals surface area contributed by atoms with Gasteiger partial charge in [0.2, 0.25) is 0 Å². The smallest absolute Gasteiger partial charge is 0.306 e. The lowest BCUT2D eigenvalue weighted by atomic mass is 10.0. The zero-order valence-electron chi connectivity index (χ0n) is 54.9. The Morgan fingerprint density at radius 1 is 0.253 bits per heavy atom. The van der Waals surface area contributed by atoms with Gasteiger partial charge in [0.05, 0.1) is 0 Å². The van der Waals surface area contributed by atoms with Crippen LogP contribution in [0.1, 0.15) is 355 Å². The number of ether oxygens (including phenoxy) is 3. The van der Waals surface area contributed by atoms with E-state index in [1.807, 2.05) is 0 Å². The summed E-state index contributed by atoms with van der Waals surface area (Å²) >= 11 is 0. The van der Waals surface area contributed by atoms with E-state index in [0.717, 1.165) is 135 Å². The monoisotopic (exact) mass is 1160 g/mol. The number of carbonyl (C=O) groups excluding carboxylic acids is 3. The first kappa shape index (κ1) is 79.3. The van der Waals surface area contributed by atoms with E-state index in [-0.39, 0.29) is 31.1 Å². The topological polar surface area (TPSA) is 78.9 Å². The summed E-state index contributed by atoms with van der Waals surface area (Å²) in [5, 5.41) is 0. The number of esters is 3. The standard InChI is InChI=1S/C77H134O6/c1-4-7-10-13-16-19-22-25-28-30-32-33-34-35-36-37-38-39-40-41-42-43-45-46-49-52-55-58-61-64-67-70-76(79)82-73-74(72-81-75(78)69-66-63-60-57-54-51-48-27-24-21-18-15-12-9-6-3)83-77(80)71-68-65-62-59-56-53-50-47-44-31-29-26-23-20-17-14-11-8-5-2/h8-9,11-12,17-18,20-21,26-27,29-30,32,44,47-48,74H,4-7,10,13-16,19,22-25,28,31,33-43,45-46,49-73H2,1-3H3/b11-8-,12-9-,20-17-,21-18-,29-26-,32-30-,47-44-,48-27-. The molecule has 1 unspecified atom stereocenters. The lowest BCUT2D eigenvalue weighted by molar-refractivity contribution is -0.167. The van der Waals surface area contributed by atoms with Gasteiger partial charge in [0.15, 0.2) is 6.10 Å². The minimum atomic E-state index is -0.794. The quantitative estimate of drug-likeness (QED) is 0.0261. The van der Waals surface area contributed by atoms with Gasteiger partial charge >= 0.3 is 17.9 Å². The summed E-state index contributed by atoms with van der Waals surface area (Å²) in [4.78, 5) is 38.4. The molecule has 0 aliphatic carbocycles. The van der Waals surface area contributed by atoms with Gasteiger partial charge in [0, 0.05) is 19.3 Å². The van der Waals surface area contributed by atoms with Gasteiger partial charge in [-0.05, 0) is 116 Å². The molecule has 0 amide bonds. The third kappa shape index (κ3) is 69.0. The highest BCUT2D eigenvalue weighted by Crippen LogP contribution is 2.18. The summed E-state index contributed by atoms with van der Waals surface area (Å²) in [6.07, 6.45) is 95.9. The van der Waals surface area contributed by atoms with E-state index < -0.39 is 6.10 Å². The molecule has 6 heteroatoms. The van der Waals surface area contributed by atoms with Crippen molar-refractivity contribution in [2.45, 2.75) is 361 Å². The Kier molecular flexibility index (Phi) is 67.7. The van der Waals surface area contributed by atoms with Crippen molar-refractivity contribution in [3.8, 4) is 0 Å². The van der Waals surface area contributed by atoms with Crippen molar-refractivity contribution in [1.29, 1.82) is 0 Å². The van der Waals surface area contributed by atoms with Crippen molar-refractivity contribution in [2.24, 2.45) is 0 Å². The Morgan fingerprint density at radius 3 is 0.747 bits per heavy atom. The zero-order valence-corrected chi connectivity index (χ0v) is 54.9. The fraction of sp³-hybridized carbons (Fsp3) is 0.753. The van der Waals surface area contributed by atoms with E-state index in [1.54, 1.807) is 0 Å². The zero-order chi connectivity index (χ0) is 59.9. The number of hydrogen-bond donors (Lipinski definition) is 0. The number of rotatable bonds is 65. The van der Waals surface area contributed by atoms with E-state index in [1.165, 1.54) is 180 Å². The Hall–Kier alpha value is -3.67. The molecule has 0 aliphatic heterocycles. The largest absolute Gasteiger partial charge is 0.462 e. The van der Waals surface area contributed by atoms with E-state index in [2.05, 4.69) is 118 Å². The molecule has 0 radical (unpaired) electrons. The second-order valence-electron chi connectivity index (χ2n) is 23.7. The first-order valence-electron chi connectivity index (χ1n) is 35.7. The molecule has 0 saturated heterocycles. The summed E-state index contributed by atoms with van der Waals surface area (Å²) in [6, 6.07) is 0. The van der Waals surface area contributed by atoms with Crippen LogP contribution in [0.2, 0.25) is 0 Å². The Balaban J connectivity index is 4.24. The maximum atomic E-state index is 12.9. The average Bonchev–Trinajstić information content (AvgIpc) is 3.49. The molecular formula is C77H134O6. The second-order valence-corrected chi connectivity index (χ2v) is 23.7. The summed E-state index contributed by atoms with van der Waals surface area (Å²) in [6.45, 7) is 6.43. The molecule has 0 bridgehead atoms. The summed E-state index contributed by atoms with van der Waals surface area (Å²) in [7, 11) is 0.